The largest absolute Gasteiger partial charge is 0.497 e. The number of aromatic nitrogens is 2. The van der Waals surface area contributed by atoms with Crippen molar-refractivity contribution in [3.63, 3.8) is 0 Å². The molecule has 2 rings (SSSR count). The van der Waals surface area contributed by atoms with Gasteiger partial charge < -0.3 is 4.74 Å². The van der Waals surface area contributed by atoms with Gasteiger partial charge in [-0.25, -0.2) is 0 Å². The number of ether oxygens (including phenoxy) is 1. The number of hydrogen-bond donors (Lipinski definition) is 0. The zero-order valence-electron chi connectivity index (χ0n) is 8.97. The molecule has 0 aliphatic heterocycles. The van der Waals surface area contributed by atoms with Crippen LogP contribution in [0.1, 0.15) is 6.93 Å². The summed E-state index contributed by atoms with van der Waals surface area (Å²) in [4.78, 5) is 0. The van der Waals surface area contributed by atoms with Gasteiger partial charge in [-0.3, -0.25) is 4.68 Å². The molecule has 0 unspecified atom stereocenters. The van der Waals surface area contributed by atoms with Gasteiger partial charge in [-0.1, -0.05) is 12.1 Å². The van der Waals surface area contributed by atoms with Gasteiger partial charge in [0.15, 0.2) is 0 Å². The van der Waals surface area contributed by atoms with E-state index in [4.69, 9.17) is 6.11 Å². The molecule has 3 nitrogen and oxygen atoms in total. The SMILES string of the molecule is [2H]c1ccnn1Cc1ccc(OC)cc1. The Morgan fingerprint density at radius 1 is 1.43 bits per heavy atom. The average molecular weight is 189 g/mol. The highest BCUT2D eigenvalue weighted by Gasteiger charge is 1.95. The Morgan fingerprint density at radius 2 is 2.21 bits per heavy atom. The first-order valence-corrected chi connectivity index (χ1v) is 4.41. The molecule has 0 radical (unpaired) electrons. The molecule has 0 aliphatic rings. The standard InChI is InChI=1S/C11H12N2O/c1-14-11-5-3-10(4-6-11)9-13-8-2-7-12-13/h2-8H,9H2,1H3/i8D. The van der Waals surface area contributed by atoms with Crippen LogP contribution in [0.4, 0.5) is 0 Å². The van der Waals surface area contributed by atoms with Crippen LogP contribution in [0.25, 0.3) is 0 Å². The Kier molecular flexibility index (Phi) is 2.15. The molecule has 0 atom stereocenters. The van der Waals surface area contributed by atoms with E-state index in [9.17, 15) is 0 Å². The molecule has 0 bridgehead atoms. The van der Waals surface area contributed by atoms with Crippen LogP contribution in [0.15, 0.2) is 42.7 Å². The Balaban J connectivity index is 2.14. The number of methoxy groups -OCH3 is 1. The first-order chi connectivity index (χ1) is 7.29. The van der Waals surface area contributed by atoms with Gasteiger partial charge in [0, 0.05) is 12.4 Å². The molecule has 0 N–H and O–H groups in total. The van der Waals surface area contributed by atoms with Crippen LogP contribution < -0.4 is 4.74 Å². The van der Waals surface area contributed by atoms with Crippen LogP contribution in [0.3, 0.4) is 0 Å². The van der Waals surface area contributed by atoms with Crippen molar-refractivity contribution in [1.29, 1.82) is 0 Å². The van der Waals surface area contributed by atoms with E-state index in [1.165, 1.54) is 0 Å². The molecule has 3 heteroatoms. The normalized spacial score (nSPS) is 11.1. The Bertz CT molecular complexity index is 436. The minimum Gasteiger partial charge on any atom is -0.497 e. The molecular weight excluding hydrogens is 176 g/mol. The third-order valence-electron chi connectivity index (χ3n) is 2.00. The second-order valence-electron chi connectivity index (χ2n) is 2.97. The van der Waals surface area contributed by atoms with E-state index in [1.807, 2.05) is 24.3 Å². The summed E-state index contributed by atoms with van der Waals surface area (Å²) in [5, 5.41) is 4.05. The summed E-state index contributed by atoms with van der Waals surface area (Å²) in [5.41, 5.74) is 1.10. The Hall–Kier alpha value is -1.77. The van der Waals surface area contributed by atoms with Gasteiger partial charge >= 0.3 is 0 Å². The second kappa shape index (κ2) is 3.96. The van der Waals surface area contributed by atoms with E-state index in [-0.39, 0.29) is 0 Å². The van der Waals surface area contributed by atoms with Crippen LogP contribution in [0, 0.1) is 0 Å². The highest BCUT2D eigenvalue weighted by atomic mass is 16.5. The van der Waals surface area contributed by atoms with E-state index in [0.29, 0.717) is 12.7 Å². The predicted molar refractivity (Wildman–Crippen MR) is 54.3 cm³/mol. The number of hydrogen-bond acceptors (Lipinski definition) is 2. The van der Waals surface area contributed by atoms with Gasteiger partial charge in [0.25, 0.3) is 0 Å². The average Bonchev–Trinajstić information content (AvgIpc) is 2.66. The summed E-state index contributed by atoms with van der Waals surface area (Å²) in [6, 6.07) is 9.42. The topological polar surface area (TPSA) is 27.1 Å². The zero-order chi connectivity index (χ0) is 10.7. The van der Waals surface area contributed by atoms with Crippen molar-refractivity contribution in [3.8, 4) is 5.75 Å². The van der Waals surface area contributed by atoms with Crippen molar-refractivity contribution in [2.24, 2.45) is 0 Å². The smallest absolute Gasteiger partial charge is 0.118 e. The van der Waals surface area contributed by atoms with Crippen molar-refractivity contribution in [2.75, 3.05) is 7.11 Å². The minimum absolute atomic E-state index is 0.422. The maximum atomic E-state index is 7.55. The predicted octanol–water partition coefficient (Wildman–Crippen LogP) is 1.94. The van der Waals surface area contributed by atoms with Crippen LogP contribution in [-0.4, -0.2) is 16.9 Å². The van der Waals surface area contributed by atoms with Crippen molar-refractivity contribution in [2.45, 2.75) is 6.54 Å². The van der Waals surface area contributed by atoms with Gasteiger partial charge in [0.1, 0.15) is 5.75 Å². The van der Waals surface area contributed by atoms with Gasteiger partial charge in [-0.15, -0.1) is 0 Å². The van der Waals surface area contributed by atoms with Crippen molar-refractivity contribution in [1.82, 2.24) is 9.78 Å². The van der Waals surface area contributed by atoms with Crippen molar-refractivity contribution >= 4 is 0 Å². The summed E-state index contributed by atoms with van der Waals surface area (Å²) in [7, 11) is 1.64. The summed E-state index contributed by atoms with van der Waals surface area (Å²) in [6.07, 6.45) is 2.05. The molecular formula is C11H12N2O. The molecule has 0 aliphatic carbocycles. The van der Waals surface area contributed by atoms with Crippen molar-refractivity contribution < 1.29 is 6.11 Å². The molecule has 1 aromatic carbocycles. The lowest BCUT2D eigenvalue weighted by molar-refractivity contribution is 0.414. The third kappa shape index (κ3) is 1.93. The molecule has 0 amide bonds. The molecule has 0 saturated heterocycles. The molecule has 14 heavy (non-hydrogen) atoms. The highest BCUT2D eigenvalue weighted by Crippen LogP contribution is 2.11. The van der Waals surface area contributed by atoms with E-state index >= 15 is 0 Å². The van der Waals surface area contributed by atoms with Crippen LogP contribution in [-0.2, 0) is 6.54 Å². The monoisotopic (exact) mass is 189 g/mol. The zero-order valence-corrected chi connectivity index (χ0v) is 7.97. The van der Waals surface area contributed by atoms with E-state index in [2.05, 4.69) is 5.10 Å². The van der Waals surface area contributed by atoms with Crippen LogP contribution >= 0.6 is 0 Å². The molecule has 72 valence electrons. The molecule has 0 fully saturated rings. The maximum Gasteiger partial charge on any atom is 0.118 e. The first-order valence-electron chi connectivity index (χ1n) is 4.91. The fourth-order valence-corrected chi connectivity index (χ4v) is 1.26. The summed E-state index contributed by atoms with van der Waals surface area (Å²) < 4.78 is 14.3. The molecule has 1 heterocycles. The number of benzene rings is 1. The fraction of sp³-hybridized carbons (Fsp3) is 0.182. The Labute approximate surface area is 84.3 Å². The van der Waals surface area contributed by atoms with Crippen LogP contribution in [0.2, 0.25) is 0 Å². The summed E-state index contributed by atoms with van der Waals surface area (Å²) in [5.74, 6) is 0.838. The van der Waals surface area contributed by atoms with E-state index in [0.717, 1.165) is 11.3 Å². The second-order valence-corrected chi connectivity index (χ2v) is 2.97. The summed E-state index contributed by atoms with van der Waals surface area (Å²) in [6.45, 7) is 0.621. The lowest BCUT2D eigenvalue weighted by Crippen LogP contribution is -1.99. The number of nitrogens with zero attached hydrogens (tertiary/aromatic N) is 2. The molecule has 1 aromatic heterocycles. The maximum absolute atomic E-state index is 7.55. The van der Waals surface area contributed by atoms with Gasteiger partial charge in [-0.05, 0) is 23.8 Å². The minimum atomic E-state index is 0.422. The summed E-state index contributed by atoms with van der Waals surface area (Å²) >= 11 is 0. The van der Waals surface area contributed by atoms with E-state index < -0.39 is 0 Å². The lowest BCUT2D eigenvalue weighted by Gasteiger charge is -2.03. The number of rotatable bonds is 3. The highest BCUT2D eigenvalue weighted by molar-refractivity contribution is 5.27. The molecule has 0 spiro atoms. The Morgan fingerprint density at radius 3 is 2.79 bits per heavy atom. The fourth-order valence-electron chi connectivity index (χ4n) is 1.26. The first kappa shape index (κ1) is 7.62. The van der Waals surface area contributed by atoms with Gasteiger partial charge in [0.05, 0.1) is 15.0 Å². The lowest BCUT2D eigenvalue weighted by atomic mass is 10.2. The van der Waals surface area contributed by atoms with Crippen LogP contribution in [0.5, 0.6) is 5.75 Å². The van der Waals surface area contributed by atoms with E-state index in [1.54, 1.807) is 24.1 Å². The van der Waals surface area contributed by atoms with Gasteiger partial charge in [-0.2, -0.15) is 5.10 Å². The molecule has 0 saturated carbocycles. The van der Waals surface area contributed by atoms with Crippen molar-refractivity contribution in [3.05, 3.63) is 48.3 Å². The van der Waals surface area contributed by atoms with Gasteiger partial charge in [0.2, 0.25) is 0 Å². The third-order valence-corrected chi connectivity index (χ3v) is 2.00. The quantitative estimate of drug-likeness (QED) is 0.737. The molecule has 2 aromatic rings.